The van der Waals surface area contributed by atoms with Gasteiger partial charge in [-0.15, -0.1) is 0 Å². The van der Waals surface area contributed by atoms with Gasteiger partial charge in [0.15, 0.2) is 17.1 Å². The molecule has 2 amide bonds. The Morgan fingerprint density at radius 1 is 1.21 bits per heavy atom. The Balaban J connectivity index is 2.53. The number of carbonyl (C=O) groups is 3. The van der Waals surface area contributed by atoms with E-state index < -0.39 is 42.3 Å². The topological polar surface area (TPSA) is 114 Å². The van der Waals surface area contributed by atoms with Crippen LogP contribution in [0.25, 0.3) is 0 Å². The highest BCUT2D eigenvalue weighted by Gasteiger charge is 2.62. The number of carboxylic acid groups (broad SMARTS) is 1. The Morgan fingerprint density at radius 2 is 1.84 bits per heavy atom. The van der Waals surface area contributed by atoms with Gasteiger partial charge in [-0.2, -0.15) is 0 Å². The van der Waals surface area contributed by atoms with Crippen LogP contribution in [-0.4, -0.2) is 71.7 Å². The van der Waals surface area contributed by atoms with Crippen molar-refractivity contribution in [1.82, 2.24) is 10.2 Å². The summed E-state index contributed by atoms with van der Waals surface area (Å²) in [6.45, 7) is 14.1. The summed E-state index contributed by atoms with van der Waals surface area (Å²) in [5.74, 6) is -4.83. The maximum Gasteiger partial charge on any atom is 0.329 e. The summed E-state index contributed by atoms with van der Waals surface area (Å²) in [7, 11) is 0. The molecule has 43 heavy (non-hydrogen) atoms. The number of hydrogen-bond donors (Lipinski definition) is 2. The molecule has 1 aromatic rings. The molecule has 1 aliphatic carbocycles. The number of halogens is 3. The fourth-order valence-corrected chi connectivity index (χ4v) is 5.29. The van der Waals surface area contributed by atoms with E-state index in [1.54, 1.807) is 32.9 Å². The van der Waals surface area contributed by atoms with Crippen LogP contribution in [0.1, 0.15) is 76.3 Å². The lowest BCUT2D eigenvalue weighted by molar-refractivity contribution is -0.175. The van der Waals surface area contributed by atoms with Gasteiger partial charge in [0.05, 0.1) is 37.0 Å². The molecule has 0 unspecified atom stereocenters. The first-order chi connectivity index (χ1) is 20.2. The third-order valence-corrected chi connectivity index (χ3v) is 7.53. The first kappa shape index (κ1) is 35.8. The molecule has 1 aromatic carbocycles. The number of aliphatic carboxylic acids is 1. The van der Waals surface area contributed by atoms with E-state index in [2.05, 4.69) is 11.9 Å². The summed E-state index contributed by atoms with van der Waals surface area (Å²) in [6.07, 6.45) is 4.65. The molecule has 2 atom stereocenters. The number of allylic oxidation sites excluding steroid dienone is 3. The second kappa shape index (κ2) is 15.3. The molecule has 0 radical (unpaired) electrons. The van der Waals surface area contributed by atoms with Crippen molar-refractivity contribution >= 4 is 29.4 Å². The Labute approximate surface area is 256 Å². The van der Waals surface area contributed by atoms with Crippen molar-refractivity contribution in [3.8, 4) is 11.5 Å². The average Bonchev–Trinajstić information content (AvgIpc) is 2.91. The number of carbonyl (C=O) groups excluding carboxylic acids is 2. The van der Waals surface area contributed by atoms with Crippen LogP contribution in [0, 0.1) is 0 Å². The zero-order valence-corrected chi connectivity index (χ0v) is 26.2. The third-order valence-electron chi connectivity index (χ3n) is 7.14. The van der Waals surface area contributed by atoms with Gasteiger partial charge in [0.1, 0.15) is 11.3 Å². The van der Waals surface area contributed by atoms with E-state index in [-0.39, 0.29) is 60.3 Å². The number of hydrogen-bond acceptors (Lipinski definition) is 6. The van der Waals surface area contributed by atoms with Crippen molar-refractivity contribution in [2.45, 2.75) is 78.0 Å². The van der Waals surface area contributed by atoms with Gasteiger partial charge in [-0.05, 0) is 53.2 Å². The van der Waals surface area contributed by atoms with Crippen molar-refractivity contribution in [2.24, 2.45) is 0 Å². The lowest BCUT2D eigenvalue weighted by Crippen LogP contribution is -2.68. The van der Waals surface area contributed by atoms with E-state index in [0.717, 1.165) is 5.57 Å². The molecule has 0 aliphatic heterocycles. The molecule has 1 fully saturated rings. The lowest BCUT2D eigenvalue weighted by Gasteiger charge is -2.45. The number of ketones is 1. The number of alkyl halides is 2. The minimum Gasteiger partial charge on any atom is -0.493 e. The summed E-state index contributed by atoms with van der Waals surface area (Å²) in [5, 5.41) is 12.1. The van der Waals surface area contributed by atoms with Gasteiger partial charge < -0.3 is 29.5 Å². The highest BCUT2D eigenvalue weighted by atomic mass is 35.5. The molecular weight excluding hydrogens is 586 g/mol. The smallest absolute Gasteiger partial charge is 0.329 e. The lowest BCUT2D eigenvalue weighted by atomic mass is 9.73. The molecule has 2 N–H and O–H groups in total. The number of benzene rings is 1. The van der Waals surface area contributed by atoms with Crippen molar-refractivity contribution in [2.75, 3.05) is 26.4 Å². The zero-order chi connectivity index (χ0) is 32.5. The first-order valence-corrected chi connectivity index (χ1v) is 14.5. The van der Waals surface area contributed by atoms with Crippen LogP contribution >= 0.6 is 11.6 Å². The Hall–Kier alpha value is -3.44. The highest BCUT2D eigenvalue weighted by Crippen LogP contribution is 2.46. The van der Waals surface area contributed by atoms with Gasteiger partial charge in [0.25, 0.3) is 5.92 Å². The quantitative estimate of drug-likeness (QED) is 0.154. The van der Waals surface area contributed by atoms with Crippen LogP contribution in [0.4, 0.5) is 13.6 Å². The number of ether oxygens (including phenoxy) is 3. The van der Waals surface area contributed by atoms with Gasteiger partial charge in [-0.1, -0.05) is 42.5 Å². The van der Waals surface area contributed by atoms with Crippen molar-refractivity contribution < 1.29 is 42.5 Å². The fraction of sp³-hybridized carbons (Fsp3) is 0.516. The molecule has 0 aromatic heterocycles. The number of rotatable bonds is 16. The fourth-order valence-electron chi connectivity index (χ4n) is 4.93. The van der Waals surface area contributed by atoms with Crippen LogP contribution in [0.3, 0.4) is 0 Å². The third kappa shape index (κ3) is 8.57. The molecule has 0 bridgehead atoms. The van der Waals surface area contributed by atoms with E-state index >= 15 is 0 Å². The molecule has 1 saturated carbocycles. The molecule has 12 heteroatoms. The summed E-state index contributed by atoms with van der Waals surface area (Å²) in [5.41, 5.74) is -0.787. The summed E-state index contributed by atoms with van der Waals surface area (Å²) in [6, 6.07) is -0.233. The van der Waals surface area contributed by atoms with Crippen LogP contribution in [0.2, 0.25) is 5.02 Å². The SMILES string of the molecule is C=C/C=C\C(=C/C)[C@H](C)OCCN(C(=O)NC1(C(=O)O)CC(F)(F)C1)[C@H](C)c1cc(OCC)c(C(C)=O)c(OCC)c1Cl. The summed E-state index contributed by atoms with van der Waals surface area (Å²) in [4.78, 5) is 39.4. The van der Waals surface area contributed by atoms with E-state index in [1.165, 1.54) is 17.9 Å². The molecule has 0 heterocycles. The number of urea groups is 1. The monoisotopic (exact) mass is 626 g/mol. The maximum absolute atomic E-state index is 13.8. The zero-order valence-electron chi connectivity index (χ0n) is 25.5. The van der Waals surface area contributed by atoms with Gasteiger partial charge in [-0.3, -0.25) is 4.79 Å². The molecule has 9 nitrogen and oxygen atoms in total. The summed E-state index contributed by atoms with van der Waals surface area (Å²) < 4.78 is 45.1. The standard InChI is InChI=1S/C31H41ClF2N2O7/c1-8-12-13-22(9-2)21(7)43-15-14-36(29(40)35-30(28(38)39)17-31(33,34)18-30)19(5)23-16-24(41-10-3)25(20(6)37)27(26(23)32)42-11-4/h8-9,12-13,16,19,21H,1,10-11,14-15,17-18H2,2-7H3,(H,35,40)(H,38,39)/b13-12-,22-9+/t19-,21+/m1/s1. The number of carboxylic acids is 1. The van der Waals surface area contributed by atoms with Crippen LogP contribution in [0.5, 0.6) is 11.5 Å². The minimum atomic E-state index is -3.22. The molecule has 1 aliphatic rings. The van der Waals surface area contributed by atoms with Gasteiger partial charge in [0, 0.05) is 24.9 Å². The molecule has 0 saturated heterocycles. The second-order valence-electron chi connectivity index (χ2n) is 10.2. The molecule has 238 valence electrons. The number of Topliss-reactive ketones (excluding diaryl/α,β-unsaturated/α-hetero) is 1. The first-order valence-electron chi connectivity index (χ1n) is 14.1. The minimum absolute atomic E-state index is 0.00814. The molecular formula is C31H41ClF2N2O7. The number of amides is 2. The molecule has 2 rings (SSSR count). The van der Waals surface area contributed by atoms with Crippen molar-refractivity contribution in [1.29, 1.82) is 0 Å². The normalized spacial score (nSPS) is 17.0. The second-order valence-corrected chi connectivity index (χ2v) is 10.6. The Bertz CT molecular complexity index is 1260. The predicted molar refractivity (Wildman–Crippen MR) is 161 cm³/mol. The van der Waals surface area contributed by atoms with Gasteiger partial charge >= 0.3 is 12.0 Å². The van der Waals surface area contributed by atoms with E-state index in [0.29, 0.717) is 5.56 Å². The van der Waals surface area contributed by atoms with E-state index in [4.69, 9.17) is 25.8 Å². The molecule has 0 spiro atoms. The average molecular weight is 627 g/mol. The van der Waals surface area contributed by atoms with Crippen LogP contribution < -0.4 is 14.8 Å². The Morgan fingerprint density at radius 3 is 2.33 bits per heavy atom. The summed E-state index contributed by atoms with van der Waals surface area (Å²) >= 11 is 6.77. The largest absolute Gasteiger partial charge is 0.493 e. The predicted octanol–water partition coefficient (Wildman–Crippen LogP) is 6.76. The van der Waals surface area contributed by atoms with Gasteiger partial charge in [-0.25, -0.2) is 18.4 Å². The van der Waals surface area contributed by atoms with Crippen LogP contribution in [-0.2, 0) is 9.53 Å². The van der Waals surface area contributed by atoms with Gasteiger partial charge in [0.2, 0.25) is 0 Å². The number of nitrogens with one attached hydrogen (secondary N) is 1. The van der Waals surface area contributed by atoms with E-state index in [9.17, 15) is 28.3 Å². The highest BCUT2D eigenvalue weighted by molar-refractivity contribution is 6.33. The van der Waals surface area contributed by atoms with Crippen LogP contribution in [0.15, 0.2) is 42.5 Å². The maximum atomic E-state index is 13.8. The van der Waals surface area contributed by atoms with Crippen molar-refractivity contribution in [3.63, 3.8) is 0 Å². The van der Waals surface area contributed by atoms with E-state index in [1.807, 2.05) is 26.0 Å². The Kier molecular flexibility index (Phi) is 12.8. The number of nitrogens with zero attached hydrogens (tertiary/aromatic N) is 1. The van der Waals surface area contributed by atoms with Crippen molar-refractivity contribution in [3.05, 3.63) is 58.7 Å².